The first-order chi connectivity index (χ1) is 14.0. The fourth-order valence-corrected chi connectivity index (χ4v) is 2.69. The van der Waals surface area contributed by atoms with E-state index in [1.807, 2.05) is 54.6 Å². The summed E-state index contributed by atoms with van der Waals surface area (Å²) >= 11 is 0. The van der Waals surface area contributed by atoms with Gasteiger partial charge in [-0.3, -0.25) is 20.4 Å². The maximum Gasteiger partial charge on any atom is 0.279 e. The molecule has 0 saturated heterocycles. The second-order valence-corrected chi connectivity index (χ2v) is 6.47. The van der Waals surface area contributed by atoms with Crippen molar-refractivity contribution in [2.24, 2.45) is 0 Å². The Balaban J connectivity index is 1.48. The van der Waals surface area contributed by atoms with Gasteiger partial charge in [-0.2, -0.15) is 0 Å². The number of amides is 2. The topological polar surface area (TPSA) is 67.4 Å². The molecule has 3 aromatic rings. The molecule has 0 spiro atoms. The van der Waals surface area contributed by atoms with Crippen LogP contribution in [-0.4, -0.2) is 17.9 Å². The highest BCUT2D eigenvalue weighted by atomic mass is 19.1. The molecule has 0 bridgehead atoms. The van der Waals surface area contributed by atoms with E-state index in [1.54, 1.807) is 6.07 Å². The summed E-state index contributed by atoms with van der Waals surface area (Å²) in [5, 5.41) is 0. The van der Waals surface area contributed by atoms with Crippen LogP contribution in [0.5, 0.6) is 5.75 Å². The third-order valence-corrected chi connectivity index (χ3v) is 4.26. The Kier molecular flexibility index (Phi) is 6.58. The molecule has 0 fully saturated rings. The normalized spacial score (nSPS) is 11.4. The van der Waals surface area contributed by atoms with E-state index in [-0.39, 0.29) is 18.1 Å². The van der Waals surface area contributed by atoms with E-state index in [9.17, 15) is 14.0 Å². The van der Waals surface area contributed by atoms with Gasteiger partial charge in [-0.25, -0.2) is 4.39 Å². The SMILES string of the molecule is C[C@H](Oc1ccccc1F)C(=O)NNC(=O)Cc1ccc(-c2ccccc2)cc1. The van der Waals surface area contributed by atoms with E-state index >= 15 is 0 Å². The van der Waals surface area contributed by atoms with Gasteiger partial charge in [-0.05, 0) is 35.7 Å². The Bertz CT molecular complexity index is 975. The lowest BCUT2D eigenvalue weighted by Crippen LogP contribution is -2.47. The monoisotopic (exact) mass is 392 g/mol. The van der Waals surface area contributed by atoms with Gasteiger partial charge < -0.3 is 4.74 Å². The molecule has 5 nitrogen and oxygen atoms in total. The highest BCUT2D eigenvalue weighted by Crippen LogP contribution is 2.19. The predicted octanol–water partition coefficient (Wildman–Crippen LogP) is 3.65. The summed E-state index contributed by atoms with van der Waals surface area (Å²) in [4.78, 5) is 24.1. The number of para-hydroxylation sites is 1. The molecule has 6 heteroatoms. The number of benzene rings is 3. The van der Waals surface area contributed by atoms with E-state index in [0.717, 1.165) is 16.7 Å². The van der Waals surface area contributed by atoms with Crippen LogP contribution in [0.1, 0.15) is 12.5 Å². The fraction of sp³-hybridized carbons (Fsp3) is 0.130. The number of carbonyl (C=O) groups is 2. The van der Waals surface area contributed by atoms with Crippen LogP contribution in [0.3, 0.4) is 0 Å². The molecule has 0 saturated carbocycles. The van der Waals surface area contributed by atoms with Crippen molar-refractivity contribution in [1.29, 1.82) is 0 Å². The molecule has 0 radical (unpaired) electrons. The van der Waals surface area contributed by atoms with Gasteiger partial charge in [0.1, 0.15) is 0 Å². The van der Waals surface area contributed by atoms with Crippen molar-refractivity contribution in [3.8, 4) is 16.9 Å². The van der Waals surface area contributed by atoms with Crippen molar-refractivity contribution in [1.82, 2.24) is 10.9 Å². The smallest absolute Gasteiger partial charge is 0.279 e. The molecule has 0 aliphatic carbocycles. The molecule has 3 aromatic carbocycles. The lowest BCUT2D eigenvalue weighted by atomic mass is 10.0. The van der Waals surface area contributed by atoms with E-state index in [2.05, 4.69) is 10.9 Å². The minimum absolute atomic E-state index is 0.0278. The summed E-state index contributed by atoms with van der Waals surface area (Å²) in [6.07, 6.45) is -0.866. The van der Waals surface area contributed by atoms with Gasteiger partial charge in [-0.1, -0.05) is 66.7 Å². The summed E-state index contributed by atoms with van der Waals surface area (Å²) in [7, 11) is 0. The predicted molar refractivity (Wildman–Crippen MR) is 108 cm³/mol. The summed E-state index contributed by atoms with van der Waals surface area (Å²) in [5.41, 5.74) is 7.61. The third kappa shape index (κ3) is 5.65. The lowest BCUT2D eigenvalue weighted by molar-refractivity contribution is -0.132. The number of hydrogen-bond donors (Lipinski definition) is 2. The van der Waals surface area contributed by atoms with Gasteiger partial charge >= 0.3 is 0 Å². The van der Waals surface area contributed by atoms with E-state index < -0.39 is 17.8 Å². The minimum Gasteiger partial charge on any atom is -0.478 e. The first-order valence-electron chi connectivity index (χ1n) is 9.17. The van der Waals surface area contributed by atoms with Gasteiger partial charge in [0.2, 0.25) is 5.91 Å². The molecule has 3 rings (SSSR count). The summed E-state index contributed by atoms with van der Waals surface area (Å²) < 4.78 is 18.9. The highest BCUT2D eigenvalue weighted by Gasteiger charge is 2.17. The average Bonchev–Trinajstić information content (AvgIpc) is 2.75. The van der Waals surface area contributed by atoms with Crippen molar-refractivity contribution in [3.05, 3.63) is 90.2 Å². The van der Waals surface area contributed by atoms with Crippen molar-refractivity contribution >= 4 is 11.8 Å². The van der Waals surface area contributed by atoms with Crippen LogP contribution in [0.2, 0.25) is 0 Å². The Morgan fingerprint density at radius 3 is 2.17 bits per heavy atom. The van der Waals surface area contributed by atoms with Crippen LogP contribution in [0.25, 0.3) is 11.1 Å². The van der Waals surface area contributed by atoms with Gasteiger partial charge in [0.25, 0.3) is 5.91 Å². The zero-order valence-electron chi connectivity index (χ0n) is 15.9. The number of rotatable bonds is 6. The summed E-state index contributed by atoms with van der Waals surface area (Å²) in [5.74, 6) is -1.54. The first-order valence-corrected chi connectivity index (χ1v) is 9.17. The van der Waals surface area contributed by atoms with Crippen LogP contribution < -0.4 is 15.6 Å². The molecule has 2 N–H and O–H groups in total. The van der Waals surface area contributed by atoms with Crippen LogP contribution >= 0.6 is 0 Å². The molecule has 148 valence electrons. The van der Waals surface area contributed by atoms with Crippen molar-refractivity contribution < 1.29 is 18.7 Å². The van der Waals surface area contributed by atoms with Gasteiger partial charge in [0.15, 0.2) is 17.7 Å². The van der Waals surface area contributed by atoms with Crippen LogP contribution in [-0.2, 0) is 16.0 Å². The number of carbonyl (C=O) groups excluding carboxylic acids is 2. The zero-order chi connectivity index (χ0) is 20.6. The lowest BCUT2D eigenvalue weighted by Gasteiger charge is -2.15. The van der Waals surface area contributed by atoms with E-state index in [0.29, 0.717) is 0 Å². The Labute approximate surface area is 168 Å². The quantitative estimate of drug-likeness (QED) is 0.630. The van der Waals surface area contributed by atoms with Gasteiger partial charge in [0, 0.05) is 0 Å². The van der Waals surface area contributed by atoms with Crippen molar-refractivity contribution in [3.63, 3.8) is 0 Å². The number of halogens is 1. The average molecular weight is 392 g/mol. The van der Waals surface area contributed by atoms with Crippen LogP contribution in [0.15, 0.2) is 78.9 Å². The summed E-state index contributed by atoms with van der Waals surface area (Å²) in [6, 6.07) is 23.4. The first kappa shape index (κ1) is 20.1. The van der Waals surface area contributed by atoms with Crippen LogP contribution in [0, 0.1) is 5.82 Å². The molecule has 0 aliphatic rings. The summed E-state index contributed by atoms with van der Waals surface area (Å²) in [6.45, 7) is 1.47. The van der Waals surface area contributed by atoms with Gasteiger partial charge in [-0.15, -0.1) is 0 Å². The maximum atomic E-state index is 13.6. The third-order valence-electron chi connectivity index (χ3n) is 4.26. The second-order valence-electron chi connectivity index (χ2n) is 6.47. The number of ether oxygens (including phenoxy) is 1. The molecule has 0 unspecified atom stereocenters. The number of hydrogen-bond acceptors (Lipinski definition) is 3. The zero-order valence-corrected chi connectivity index (χ0v) is 15.9. The molecule has 2 amide bonds. The largest absolute Gasteiger partial charge is 0.478 e. The fourth-order valence-electron chi connectivity index (χ4n) is 2.69. The van der Waals surface area contributed by atoms with E-state index in [1.165, 1.54) is 25.1 Å². The molecule has 29 heavy (non-hydrogen) atoms. The molecule has 0 aliphatic heterocycles. The Hall–Kier alpha value is -3.67. The second kappa shape index (κ2) is 9.50. The number of nitrogens with one attached hydrogen (secondary N) is 2. The van der Waals surface area contributed by atoms with E-state index in [4.69, 9.17) is 4.74 Å². The van der Waals surface area contributed by atoms with Crippen molar-refractivity contribution in [2.45, 2.75) is 19.4 Å². The Morgan fingerprint density at radius 2 is 1.48 bits per heavy atom. The van der Waals surface area contributed by atoms with Crippen LogP contribution in [0.4, 0.5) is 4.39 Å². The Morgan fingerprint density at radius 1 is 0.862 bits per heavy atom. The minimum atomic E-state index is -0.975. The molecule has 0 heterocycles. The highest BCUT2D eigenvalue weighted by molar-refractivity contribution is 5.85. The molecular weight excluding hydrogens is 371 g/mol. The molecular formula is C23H21FN2O3. The molecule has 0 aromatic heterocycles. The van der Waals surface area contributed by atoms with Crippen molar-refractivity contribution in [2.75, 3.05) is 0 Å². The number of hydrazine groups is 1. The molecule has 1 atom stereocenters. The standard InChI is InChI=1S/C23H21FN2O3/c1-16(29-21-10-6-5-9-20(21)24)23(28)26-25-22(27)15-17-11-13-19(14-12-17)18-7-3-2-4-8-18/h2-14,16H,15H2,1H3,(H,25,27)(H,26,28)/t16-/m0/s1. The maximum absolute atomic E-state index is 13.6. The van der Waals surface area contributed by atoms with Gasteiger partial charge in [0.05, 0.1) is 6.42 Å².